The number of nitrogens with one attached hydrogen (secondary N) is 3. The minimum atomic E-state index is -0.326. The van der Waals surface area contributed by atoms with Crippen LogP contribution in [0.2, 0.25) is 0 Å². The van der Waals surface area contributed by atoms with Gasteiger partial charge in [-0.25, -0.2) is 4.98 Å². The predicted octanol–water partition coefficient (Wildman–Crippen LogP) is 0.215. The average Bonchev–Trinajstić information content (AvgIpc) is 3.29. The van der Waals surface area contributed by atoms with E-state index in [9.17, 15) is 9.59 Å². The first-order valence-corrected chi connectivity index (χ1v) is 8.30. The summed E-state index contributed by atoms with van der Waals surface area (Å²) in [7, 11) is 0. The van der Waals surface area contributed by atoms with E-state index in [0.717, 1.165) is 11.5 Å². The summed E-state index contributed by atoms with van der Waals surface area (Å²) >= 11 is 0. The highest BCUT2D eigenvalue weighted by Gasteiger charge is 2.37. The third-order valence-corrected chi connectivity index (χ3v) is 4.18. The molecule has 0 radical (unpaired) electrons. The van der Waals surface area contributed by atoms with E-state index in [-0.39, 0.29) is 29.7 Å². The smallest absolute Gasteiger partial charge is 0.288 e. The Hall–Kier alpha value is -2.68. The molecule has 1 fully saturated rings. The summed E-state index contributed by atoms with van der Waals surface area (Å²) in [5.74, 6) is 1.43. The maximum atomic E-state index is 12.4. The second kappa shape index (κ2) is 7.47. The van der Waals surface area contributed by atoms with Gasteiger partial charge in [-0.3, -0.25) is 19.6 Å². The molecule has 0 spiro atoms. The van der Waals surface area contributed by atoms with Crippen LogP contribution >= 0.6 is 0 Å². The minimum Gasteiger partial charge on any atom is -0.465 e. The van der Waals surface area contributed by atoms with Crippen LogP contribution in [0.15, 0.2) is 22.9 Å². The van der Waals surface area contributed by atoms with Crippen LogP contribution in [0.5, 0.6) is 0 Å². The van der Waals surface area contributed by atoms with Crippen molar-refractivity contribution < 1.29 is 14.0 Å². The number of likely N-dealkylation sites (N-methyl/N-ethyl adjacent to an activating group) is 1. The summed E-state index contributed by atoms with van der Waals surface area (Å²) < 4.78 is 5.62. The summed E-state index contributed by atoms with van der Waals surface area (Å²) in [6.07, 6.45) is 1.82. The average molecular weight is 346 g/mol. The molecule has 3 heterocycles. The SMILES string of the molecule is CCNC(=O)[C@@H]1C[C@@H](NC(=O)c2ncn[nH]2)CN1Cc1ccc(C)o1. The monoisotopic (exact) mass is 346 g/mol. The van der Waals surface area contributed by atoms with Gasteiger partial charge >= 0.3 is 0 Å². The lowest BCUT2D eigenvalue weighted by atomic mass is 10.1. The molecule has 9 nitrogen and oxygen atoms in total. The first kappa shape index (κ1) is 17.2. The molecule has 1 aliphatic heterocycles. The van der Waals surface area contributed by atoms with Crippen LogP contribution in [0.3, 0.4) is 0 Å². The van der Waals surface area contributed by atoms with Crippen molar-refractivity contribution in [3.63, 3.8) is 0 Å². The number of carbonyl (C=O) groups is 2. The first-order valence-electron chi connectivity index (χ1n) is 8.30. The third kappa shape index (κ3) is 4.05. The molecule has 0 saturated carbocycles. The van der Waals surface area contributed by atoms with Crippen LogP contribution in [0, 0.1) is 6.92 Å². The van der Waals surface area contributed by atoms with Crippen LogP contribution in [0.4, 0.5) is 0 Å². The molecule has 1 saturated heterocycles. The fourth-order valence-electron chi connectivity index (χ4n) is 3.09. The Morgan fingerprint density at radius 2 is 2.28 bits per heavy atom. The Labute approximate surface area is 145 Å². The highest BCUT2D eigenvalue weighted by Crippen LogP contribution is 2.22. The van der Waals surface area contributed by atoms with Gasteiger partial charge in [0.15, 0.2) is 0 Å². The van der Waals surface area contributed by atoms with Crippen molar-refractivity contribution in [2.24, 2.45) is 0 Å². The number of rotatable bonds is 6. The van der Waals surface area contributed by atoms with Crippen molar-refractivity contribution in [2.45, 2.75) is 38.9 Å². The normalized spacial score (nSPS) is 20.6. The molecule has 3 rings (SSSR count). The summed E-state index contributed by atoms with van der Waals surface area (Å²) in [6, 6.07) is 3.34. The van der Waals surface area contributed by atoms with E-state index in [1.807, 2.05) is 30.9 Å². The highest BCUT2D eigenvalue weighted by molar-refractivity contribution is 5.90. The number of aromatic nitrogens is 3. The predicted molar refractivity (Wildman–Crippen MR) is 88.6 cm³/mol. The fraction of sp³-hybridized carbons (Fsp3) is 0.500. The number of likely N-dealkylation sites (tertiary alicyclic amines) is 1. The van der Waals surface area contributed by atoms with Gasteiger partial charge in [0.2, 0.25) is 11.7 Å². The zero-order valence-corrected chi connectivity index (χ0v) is 14.3. The molecule has 0 unspecified atom stereocenters. The third-order valence-electron chi connectivity index (χ3n) is 4.18. The molecule has 9 heteroatoms. The van der Waals surface area contributed by atoms with Gasteiger partial charge in [0.05, 0.1) is 12.6 Å². The molecule has 25 heavy (non-hydrogen) atoms. The maximum Gasteiger partial charge on any atom is 0.288 e. The van der Waals surface area contributed by atoms with Crippen molar-refractivity contribution in [3.05, 3.63) is 35.8 Å². The van der Waals surface area contributed by atoms with E-state index in [1.54, 1.807) is 0 Å². The number of hydrogen-bond acceptors (Lipinski definition) is 6. The Morgan fingerprint density at radius 1 is 1.44 bits per heavy atom. The minimum absolute atomic E-state index is 0.0396. The molecule has 134 valence electrons. The lowest BCUT2D eigenvalue weighted by Crippen LogP contribution is -2.42. The van der Waals surface area contributed by atoms with E-state index >= 15 is 0 Å². The zero-order valence-electron chi connectivity index (χ0n) is 14.3. The van der Waals surface area contributed by atoms with Crippen LogP contribution < -0.4 is 10.6 Å². The Bertz CT molecular complexity index is 726. The zero-order chi connectivity index (χ0) is 17.8. The van der Waals surface area contributed by atoms with Crippen molar-refractivity contribution >= 4 is 11.8 Å². The number of H-pyrrole nitrogens is 1. The van der Waals surface area contributed by atoms with Crippen molar-refractivity contribution in [1.82, 2.24) is 30.7 Å². The van der Waals surface area contributed by atoms with E-state index in [0.29, 0.717) is 26.1 Å². The molecule has 2 amide bonds. The second-order valence-electron chi connectivity index (χ2n) is 6.09. The van der Waals surface area contributed by atoms with Gasteiger partial charge in [0.25, 0.3) is 5.91 Å². The lowest BCUT2D eigenvalue weighted by molar-refractivity contribution is -0.125. The van der Waals surface area contributed by atoms with Crippen molar-refractivity contribution in [1.29, 1.82) is 0 Å². The Kier molecular flexibility index (Phi) is 5.13. The van der Waals surface area contributed by atoms with Gasteiger partial charge < -0.3 is 15.1 Å². The number of nitrogens with zero attached hydrogens (tertiary/aromatic N) is 3. The van der Waals surface area contributed by atoms with Gasteiger partial charge in [-0.2, -0.15) is 5.10 Å². The topological polar surface area (TPSA) is 116 Å². The van der Waals surface area contributed by atoms with Gasteiger partial charge in [0.1, 0.15) is 17.8 Å². The quantitative estimate of drug-likeness (QED) is 0.689. The number of furan rings is 1. The maximum absolute atomic E-state index is 12.4. The lowest BCUT2D eigenvalue weighted by Gasteiger charge is -2.22. The molecule has 2 aromatic heterocycles. The Morgan fingerprint density at radius 3 is 2.92 bits per heavy atom. The standard InChI is InChI=1S/C16H22N6O3/c1-3-17-15(23)13-6-11(20-16(24)14-18-9-19-21-14)7-22(13)8-12-5-4-10(2)25-12/h4-5,9,11,13H,3,6-8H2,1-2H3,(H,17,23)(H,20,24)(H,18,19,21)/t11-,13+/m1/s1. The number of amides is 2. The molecule has 2 aromatic rings. The molecule has 0 aliphatic carbocycles. The largest absolute Gasteiger partial charge is 0.465 e. The number of hydrogen-bond donors (Lipinski definition) is 3. The summed E-state index contributed by atoms with van der Waals surface area (Å²) in [5, 5.41) is 12.0. The molecule has 3 N–H and O–H groups in total. The Balaban J connectivity index is 1.68. The molecular formula is C16H22N6O3. The van der Waals surface area contributed by atoms with Gasteiger partial charge in [-0.1, -0.05) is 0 Å². The summed E-state index contributed by atoms with van der Waals surface area (Å²) in [6.45, 7) is 5.41. The second-order valence-corrected chi connectivity index (χ2v) is 6.09. The highest BCUT2D eigenvalue weighted by atomic mass is 16.3. The van der Waals surface area contributed by atoms with E-state index < -0.39 is 0 Å². The van der Waals surface area contributed by atoms with Gasteiger partial charge in [-0.15, -0.1) is 0 Å². The van der Waals surface area contributed by atoms with Crippen LogP contribution in [-0.4, -0.2) is 57.1 Å². The van der Waals surface area contributed by atoms with Crippen LogP contribution in [0.1, 0.15) is 35.5 Å². The molecule has 1 aliphatic rings. The fourth-order valence-corrected chi connectivity index (χ4v) is 3.09. The van der Waals surface area contributed by atoms with Crippen LogP contribution in [0.25, 0.3) is 0 Å². The van der Waals surface area contributed by atoms with E-state index in [4.69, 9.17) is 4.42 Å². The van der Waals surface area contributed by atoms with Gasteiger partial charge in [0, 0.05) is 19.1 Å². The first-order chi connectivity index (χ1) is 12.1. The summed E-state index contributed by atoms with van der Waals surface area (Å²) in [4.78, 5) is 30.4. The van der Waals surface area contributed by atoms with Crippen molar-refractivity contribution in [3.8, 4) is 0 Å². The number of aromatic amines is 1. The molecule has 0 aromatic carbocycles. The van der Waals surface area contributed by atoms with Crippen LogP contribution in [-0.2, 0) is 11.3 Å². The summed E-state index contributed by atoms with van der Waals surface area (Å²) in [5.41, 5.74) is 0. The number of carbonyl (C=O) groups excluding carboxylic acids is 2. The van der Waals surface area contributed by atoms with Crippen molar-refractivity contribution in [2.75, 3.05) is 13.1 Å². The number of aryl methyl sites for hydroxylation is 1. The molecule has 0 bridgehead atoms. The van der Waals surface area contributed by atoms with E-state index in [2.05, 4.69) is 25.8 Å². The molecular weight excluding hydrogens is 324 g/mol. The van der Waals surface area contributed by atoms with E-state index in [1.165, 1.54) is 6.33 Å². The molecule has 2 atom stereocenters. The van der Waals surface area contributed by atoms with Gasteiger partial charge in [-0.05, 0) is 32.4 Å².